The second kappa shape index (κ2) is 6.88. The molecule has 150 valence electrons. The number of nitrogens with zero attached hydrogens (tertiary/aromatic N) is 4. The third-order valence-electron chi connectivity index (χ3n) is 5.62. The lowest BCUT2D eigenvalue weighted by Gasteiger charge is -2.17. The Bertz CT molecular complexity index is 1200. The van der Waals surface area contributed by atoms with Crippen molar-refractivity contribution in [2.24, 2.45) is 5.92 Å². The van der Waals surface area contributed by atoms with Crippen LogP contribution in [0.4, 0.5) is 0 Å². The number of thiophene rings is 1. The number of rotatable bonds is 4. The molecular formula is C21H22N4O3S. The van der Waals surface area contributed by atoms with Gasteiger partial charge in [0.05, 0.1) is 26.7 Å². The van der Waals surface area contributed by atoms with Gasteiger partial charge in [0.25, 0.3) is 0 Å². The van der Waals surface area contributed by atoms with Crippen LogP contribution in [0.5, 0.6) is 17.2 Å². The third-order valence-corrected chi connectivity index (χ3v) is 6.82. The molecule has 1 aromatic carbocycles. The molecule has 29 heavy (non-hydrogen) atoms. The Morgan fingerprint density at radius 2 is 1.83 bits per heavy atom. The minimum absolute atomic E-state index is 0.550. The Morgan fingerprint density at radius 1 is 1.07 bits per heavy atom. The van der Waals surface area contributed by atoms with Gasteiger partial charge in [0, 0.05) is 10.4 Å². The molecule has 1 aliphatic carbocycles. The lowest BCUT2D eigenvalue weighted by molar-refractivity contribution is 0.324. The van der Waals surface area contributed by atoms with Crippen LogP contribution in [0.25, 0.3) is 27.3 Å². The first-order valence-electron chi connectivity index (χ1n) is 9.59. The zero-order valence-electron chi connectivity index (χ0n) is 16.9. The van der Waals surface area contributed by atoms with Gasteiger partial charge in [-0.15, -0.1) is 21.5 Å². The van der Waals surface area contributed by atoms with E-state index in [0.717, 1.165) is 34.3 Å². The standard InChI is InChI=1S/C21H22N4O3S/c1-11-5-6-16-13(7-11)17-20-24-23-19(25(20)10-22-21(17)29-16)12-8-14(26-2)18(28-4)15(9-12)27-3/h8-11H,5-7H2,1-4H3/t11-/m0/s1. The van der Waals surface area contributed by atoms with Crippen molar-refractivity contribution < 1.29 is 14.2 Å². The van der Waals surface area contributed by atoms with Crippen LogP contribution in [0, 0.1) is 5.92 Å². The molecule has 3 heterocycles. The Balaban J connectivity index is 1.73. The van der Waals surface area contributed by atoms with E-state index >= 15 is 0 Å². The van der Waals surface area contributed by atoms with E-state index < -0.39 is 0 Å². The summed E-state index contributed by atoms with van der Waals surface area (Å²) in [5.41, 5.74) is 3.07. The Morgan fingerprint density at radius 3 is 2.52 bits per heavy atom. The first kappa shape index (κ1) is 18.2. The number of aromatic nitrogens is 4. The fourth-order valence-corrected chi connectivity index (χ4v) is 5.33. The molecular weight excluding hydrogens is 388 g/mol. The summed E-state index contributed by atoms with van der Waals surface area (Å²) in [6.45, 7) is 2.31. The summed E-state index contributed by atoms with van der Waals surface area (Å²) in [6.07, 6.45) is 5.24. The molecule has 8 heteroatoms. The molecule has 3 aromatic heterocycles. The van der Waals surface area contributed by atoms with E-state index in [2.05, 4.69) is 17.1 Å². The summed E-state index contributed by atoms with van der Waals surface area (Å²) in [5.74, 6) is 3.08. The molecule has 0 saturated heterocycles. The first-order valence-corrected chi connectivity index (χ1v) is 10.4. The third kappa shape index (κ3) is 2.73. The predicted molar refractivity (Wildman–Crippen MR) is 112 cm³/mol. The number of hydrogen-bond donors (Lipinski definition) is 0. The van der Waals surface area contributed by atoms with Gasteiger partial charge in [-0.25, -0.2) is 4.98 Å². The highest BCUT2D eigenvalue weighted by molar-refractivity contribution is 7.19. The van der Waals surface area contributed by atoms with E-state index in [0.29, 0.717) is 29.0 Å². The van der Waals surface area contributed by atoms with Gasteiger partial charge >= 0.3 is 0 Å². The normalized spacial score (nSPS) is 16.2. The number of ether oxygens (including phenoxy) is 3. The minimum atomic E-state index is 0.550. The predicted octanol–water partition coefficient (Wildman–Crippen LogP) is 4.16. The zero-order chi connectivity index (χ0) is 20.1. The molecule has 0 aliphatic heterocycles. The summed E-state index contributed by atoms with van der Waals surface area (Å²) < 4.78 is 18.4. The van der Waals surface area contributed by atoms with Crippen LogP contribution in [0.1, 0.15) is 23.8 Å². The van der Waals surface area contributed by atoms with Crippen molar-refractivity contribution >= 4 is 27.2 Å². The molecule has 0 unspecified atom stereocenters. The fraction of sp³-hybridized carbons (Fsp3) is 0.381. The fourth-order valence-electron chi connectivity index (χ4n) is 4.15. The first-order chi connectivity index (χ1) is 14.1. The Hall–Kier alpha value is -2.87. The summed E-state index contributed by atoms with van der Waals surface area (Å²) in [4.78, 5) is 7.21. The highest BCUT2D eigenvalue weighted by atomic mass is 32.1. The average molecular weight is 410 g/mol. The monoisotopic (exact) mass is 410 g/mol. The molecule has 0 bridgehead atoms. The van der Waals surface area contributed by atoms with E-state index in [-0.39, 0.29) is 0 Å². The summed E-state index contributed by atoms with van der Waals surface area (Å²) in [6, 6.07) is 3.76. The average Bonchev–Trinajstić information content (AvgIpc) is 3.33. The van der Waals surface area contributed by atoms with Gasteiger partial charge in [-0.3, -0.25) is 4.40 Å². The van der Waals surface area contributed by atoms with Crippen LogP contribution in [-0.4, -0.2) is 40.9 Å². The number of hydrogen-bond acceptors (Lipinski definition) is 7. The van der Waals surface area contributed by atoms with Crippen LogP contribution in [0.2, 0.25) is 0 Å². The van der Waals surface area contributed by atoms with Crippen molar-refractivity contribution in [1.82, 2.24) is 19.6 Å². The minimum Gasteiger partial charge on any atom is -0.493 e. The smallest absolute Gasteiger partial charge is 0.203 e. The maximum Gasteiger partial charge on any atom is 0.203 e. The molecule has 4 aromatic rings. The van der Waals surface area contributed by atoms with Crippen LogP contribution < -0.4 is 14.2 Å². The van der Waals surface area contributed by atoms with Crippen molar-refractivity contribution in [1.29, 1.82) is 0 Å². The van der Waals surface area contributed by atoms with Crippen molar-refractivity contribution in [3.63, 3.8) is 0 Å². The zero-order valence-corrected chi connectivity index (χ0v) is 17.7. The Kier molecular flexibility index (Phi) is 4.31. The van der Waals surface area contributed by atoms with Gasteiger partial charge in [0.1, 0.15) is 11.2 Å². The molecule has 0 amide bonds. The Labute approximate surface area is 172 Å². The molecule has 5 rings (SSSR count). The SMILES string of the molecule is COc1cc(-c2nnc3c4c5c(sc4ncn23)CC[C@H](C)C5)cc(OC)c1OC. The van der Waals surface area contributed by atoms with Crippen molar-refractivity contribution in [2.45, 2.75) is 26.2 Å². The summed E-state index contributed by atoms with van der Waals surface area (Å²) in [7, 11) is 4.80. The highest BCUT2D eigenvalue weighted by Gasteiger charge is 2.25. The molecule has 1 atom stereocenters. The second-order valence-electron chi connectivity index (χ2n) is 7.41. The van der Waals surface area contributed by atoms with E-state index in [9.17, 15) is 0 Å². The van der Waals surface area contributed by atoms with Gasteiger partial charge in [0.15, 0.2) is 23.0 Å². The van der Waals surface area contributed by atoms with E-state index in [1.807, 2.05) is 22.9 Å². The molecule has 1 aliphatic rings. The maximum absolute atomic E-state index is 5.50. The quantitative estimate of drug-likeness (QED) is 0.503. The number of aryl methyl sites for hydroxylation is 1. The van der Waals surface area contributed by atoms with Crippen LogP contribution in [0.3, 0.4) is 0 Å². The van der Waals surface area contributed by atoms with Gasteiger partial charge < -0.3 is 14.2 Å². The molecule has 0 radical (unpaired) electrons. The molecule has 0 spiro atoms. The lowest BCUT2D eigenvalue weighted by Crippen LogP contribution is -2.09. The van der Waals surface area contributed by atoms with E-state index in [1.165, 1.54) is 16.9 Å². The van der Waals surface area contributed by atoms with Crippen molar-refractivity contribution in [3.05, 3.63) is 28.9 Å². The number of methoxy groups -OCH3 is 3. The van der Waals surface area contributed by atoms with Crippen molar-refractivity contribution in [3.8, 4) is 28.6 Å². The summed E-state index contributed by atoms with van der Waals surface area (Å²) in [5, 5.41) is 10.2. The topological polar surface area (TPSA) is 70.8 Å². The largest absolute Gasteiger partial charge is 0.493 e. The van der Waals surface area contributed by atoms with Crippen molar-refractivity contribution in [2.75, 3.05) is 21.3 Å². The van der Waals surface area contributed by atoms with E-state index in [4.69, 9.17) is 19.2 Å². The molecule has 7 nitrogen and oxygen atoms in total. The molecule has 0 saturated carbocycles. The van der Waals surface area contributed by atoms with Crippen LogP contribution in [0.15, 0.2) is 18.5 Å². The highest BCUT2D eigenvalue weighted by Crippen LogP contribution is 2.42. The molecule has 0 fully saturated rings. The van der Waals surface area contributed by atoms with Gasteiger partial charge in [-0.1, -0.05) is 6.92 Å². The summed E-state index contributed by atoms with van der Waals surface area (Å²) >= 11 is 1.79. The van der Waals surface area contributed by atoms with Crippen LogP contribution in [-0.2, 0) is 12.8 Å². The van der Waals surface area contributed by atoms with Crippen LogP contribution >= 0.6 is 11.3 Å². The van der Waals surface area contributed by atoms with E-state index in [1.54, 1.807) is 32.7 Å². The van der Waals surface area contributed by atoms with Gasteiger partial charge in [0.2, 0.25) is 5.75 Å². The number of benzene rings is 1. The second-order valence-corrected chi connectivity index (χ2v) is 8.49. The lowest BCUT2D eigenvalue weighted by atomic mass is 9.89. The maximum atomic E-state index is 5.50. The molecule has 0 N–H and O–H groups in total. The number of fused-ring (bicyclic) bond motifs is 5. The van der Waals surface area contributed by atoms with Gasteiger partial charge in [-0.2, -0.15) is 0 Å². The van der Waals surface area contributed by atoms with Gasteiger partial charge in [-0.05, 0) is 42.9 Å².